The van der Waals surface area contributed by atoms with E-state index in [9.17, 15) is 4.39 Å². The van der Waals surface area contributed by atoms with Crippen molar-refractivity contribution in [3.63, 3.8) is 0 Å². The highest BCUT2D eigenvalue weighted by atomic mass is 127. The summed E-state index contributed by atoms with van der Waals surface area (Å²) in [7, 11) is 0. The fourth-order valence-electron chi connectivity index (χ4n) is 2.49. The quantitative estimate of drug-likeness (QED) is 0.317. The van der Waals surface area contributed by atoms with Gasteiger partial charge in [-0.05, 0) is 49.1 Å². The summed E-state index contributed by atoms with van der Waals surface area (Å²) in [6.07, 6.45) is 0.744. The summed E-state index contributed by atoms with van der Waals surface area (Å²) in [4.78, 5) is 4.61. The molecule has 0 atom stereocenters. The van der Waals surface area contributed by atoms with Crippen molar-refractivity contribution in [2.75, 3.05) is 19.7 Å². The average Bonchev–Trinajstić information content (AvgIpc) is 2.65. The van der Waals surface area contributed by atoms with Crippen molar-refractivity contribution < 1.29 is 9.13 Å². The molecule has 0 bridgehead atoms. The van der Waals surface area contributed by atoms with Gasteiger partial charge in [-0.3, -0.25) is 0 Å². The van der Waals surface area contributed by atoms with Crippen LogP contribution in [0.4, 0.5) is 4.39 Å². The Morgan fingerprint density at radius 3 is 2.41 bits per heavy atom. The van der Waals surface area contributed by atoms with Crippen LogP contribution >= 0.6 is 24.0 Å². The summed E-state index contributed by atoms with van der Waals surface area (Å²) in [5, 5.41) is 6.53. The monoisotopic (exact) mass is 485 g/mol. The van der Waals surface area contributed by atoms with Crippen LogP contribution in [-0.4, -0.2) is 25.7 Å². The SMILES string of the molecule is CCNC(=NCc1ccc(COCC)cc1)NCCc1cccc(F)c1.I. The second kappa shape index (κ2) is 13.5. The standard InChI is InChI=1S/C21H28FN3O.HI/c1-3-23-21(24-13-12-17-6-5-7-20(22)14-17)25-15-18-8-10-19(11-9-18)16-26-4-2;/h5-11,14H,3-4,12-13,15-16H2,1-2H3,(H2,23,24,25);1H. The Balaban J connectivity index is 0.00000364. The zero-order chi connectivity index (χ0) is 18.6. The molecule has 2 aromatic rings. The van der Waals surface area contributed by atoms with E-state index in [1.165, 1.54) is 11.6 Å². The van der Waals surface area contributed by atoms with E-state index in [1.807, 2.05) is 19.9 Å². The molecule has 0 saturated heterocycles. The smallest absolute Gasteiger partial charge is 0.191 e. The van der Waals surface area contributed by atoms with Crippen LogP contribution in [0.25, 0.3) is 0 Å². The molecule has 0 aliphatic carbocycles. The van der Waals surface area contributed by atoms with Crippen molar-refractivity contribution in [2.45, 2.75) is 33.4 Å². The third-order valence-electron chi connectivity index (χ3n) is 3.85. The lowest BCUT2D eigenvalue weighted by Crippen LogP contribution is -2.38. The lowest BCUT2D eigenvalue weighted by molar-refractivity contribution is 0.134. The minimum atomic E-state index is -0.198. The second-order valence-corrected chi connectivity index (χ2v) is 5.96. The largest absolute Gasteiger partial charge is 0.377 e. The normalized spacial score (nSPS) is 11.0. The van der Waals surface area contributed by atoms with Crippen molar-refractivity contribution in [2.24, 2.45) is 4.99 Å². The summed E-state index contributed by atoms with van der Waals surface area (Å²) in [6.45, 7) is 7.48. The molecule has 2 rings (SSSR count). The number of halogens is 2. The van der Waals surface area contributed by atoms with Crippen molar-refractivity contribution in [1.82, 2.24) is 10.6 Å². The first-order valence-corrected chi connectivity index (χ1v) is 9.13. The summed E-state index contributed by atoms with van der Waals surface area (Å²) < 4.78 is 18.6. The average molecular weight is 485 g/mol. The molecule has 27 heavy (non-hydrogen) atoms. The van der Waals surface area contributed by atoms with E-state index in [0.29, 0.717) is 19.7 Å². The van der Waals surface area contributed by atoms with Gasteiger partial charge in [0.1, 0.15) is 5.82 Å². The summed E-state index contributed by atoms with van der Waals surface area (Å²) in [5.41, 5.74) is 3.28. The maximum absolute atomic E-state index is 13.2. The number of hydrogen-bond donors (Lipinski definition) is 2. The first-order chi connectivity index (χ1) is 12.7. The number of guanidine groups is 1. The van der Waals surface area contributed by atoms with Crippen molar-refractivity contribution in [1.29, 1.82) is 0 Å². The van der Waals surface area contributed by atoms with E-state index in [0.717, 1.165) is 36.7 Å². The molecule has 0 aliphatic rings. The van der Waals surface area contributed by atoms with E-state index in [-0.39, 0.29) is 29.8 Å². The highest BCUT2D eigenvalue weighted by Gasteiger charge is 2.00. The number of aliphatic imine (C=N–C) groups is 1. The second-order valence-electron chi connectivity index (χ2n) is 5.96. The number of benzene rings is 2. The lowest BCUT2D eigenvalue weighted by Gasteiger charge is -2.11. The van der Waals surface area contributed by atoms with Gasteiger partial charge in [-0.15, -0.1) is 24.0 Å². The molecule has 0 fully saturated rings. The van der Waals surface area contributed by atoms with Crippen molar-refractivity contribution >= 4 is 29.9 Å². The number of ether oxygens (including phenoxy) is 1. The van der Waals surface area contributed by atoms with Crippen LogP contribution in [0.1, 0.15) is 30.5 Å². The highest BCUT2D eigenvalue weighted by molar-refractivity contribution is 14.0. The van der Waals surface area contributed by atoms with Gasteiger partial charge in [0.15, 0.2) is 5.96 Å². The first-order valence-electron chi connectivity index (χ1n) is 9.13. The van der Waals surface area contributed by atoms with Gasteiger partial charge in [-0.1, -0.05) is 36.4 Å². The fourth-order valence-corrected chi connectivity index (χ4v) is 2.49. The van der Waals surface area contributed by atoms with Crippen LogP contribution in [0.2, 0.25) is 0 Å². The maximum Gasteiger partial charge on any atom is 0.191 e. The Kier molecular flexibility index (Phi) is 11.7. The van der Waals surface area contributed by atoms with Crippen molar-refractivity contribution in [3.8, 4) is 0 Å². The van der Waals surface area contributed by atoms with Gasteiger partial charge < -0.3 is 15.4 Å². The minimum Gasteiger partial charge on any atom is -0.377 e. The number of rotatable bonds is 9. The van der Waals surface area contributed by atoms with Gasteiger partial charge in [-0.2, -0.15) is 0 Å². The first kappa shape index (κ1) is 23.4. The molecule has 0 spiro atoms. The minimum absolute atomic E-state index is 0. The van der Waals surface area contributed by atoms with Gasteiger partial charge in [-0.25, -0.2) is 9.38 Å². The van der Waals surface area contributed by atoms with E-state index >= 15 is 0 Å². The Bertz CT molecular complexity index is 692. The zero-order valence-corrected chi connectivity index (χ0v) is 18.3. The van der Waals surface area contributed by atoms with Gasteiger partial charge in [0.2, 0.25) is 0 Å². The molecule has 0 heterocycles. The van der Waals surface area contributed by atoms with Crippen LogP contribution in [0, 0.1) is 5.82 Å². The van der Waals surface area contributed by atoms with Crippen LogP contribution in [0.3, 0.4) is 0 Å². The number of nitrogens with zero attached hydrogens (tertiary/aromatic N) is 1. The van der Waals surface area contributed by atoms with E-state index in [2.05, 4.69) is 39.9 Å². The molecule has 0 radical (unpaired) electrons. The topological polar surface area (TPSA) is 45.7 Å². The van der Waals surface area contributed by atoms with Crippen LogP contribution in [-0.2, 0) is 24.3 Å². The summed E-state index contributed by atoms with van der Waals surface area (Å²) >= 11 is 0. The van der Waals surface area contributed by atoms with Crippen LogP contribution in [0.5, 0.6) is 0 Å². The van der Waals surface area contributed by atoms with E-state index < -0.39 is 0 Å². The highest BCUT2D eigenvalue weighted by Crippen LogP contribution is 2.07. The molecular weight excluding hydrogens is 456 g/mol. The third-order valence-corrected chi connectivity index (χ3v) is 3.85. The summed E-state index contributed by atoms with van der Waals surface area (Å²) in [5.74, 6) is 0.568. The van der Waals surface area contributed by atoms with Gasteiger partial charge >= 0.3 is 0 Å². The van der Waals surface area contributed by atoms with E-state index in [1.54, 1.807) is 12.1 Å². The van der Waals surface area contributed by atoms with E-state index in [4.69, 9.17) is 4.74 Å². The molecular formula is C21H29FIN3O. The predicted molar refractivity (Wildman–Crippen MR) is 120 cm³/mol. The van der Waals surface area contributed by atoms with Crippen LogP contribution in [0.15, 0.2) is 53.5 Å². The Labute approximate surface area is 178 Å². The molecule has 0 aliphatic heterocycles. The van der Waals surface area contributed by atoms with Gasteiger partial charge in [0.05, 0.1) is 13.2 Å². The maximum atomic E-state index is 13.2. The molecule has 0 unspecified atom stereocenters. The zero-order valence-electron chi connectivity index (χ0n) is 16.0. The van der Waals surface area contributed by atoms with Crippen LogP contribution < -0.4 is 10.6 Å². The molecule has 0 saturated carbocycles. The molecule has 2 N–H and O–H groups in total. The molecule has 0 amide bonds. The molecule has 6 heteroatoms. The predicted octanol–water partition coefficient (Wildman–Crippen LogP) is 4.28. The molecule has 2 aromatic carbocycles. The van der Waals surface area contributed by atoms with Crippen molar-refractivity contribution in [3.05, 3.63) is 71.0 Å². The Morgan fingerprint density at radius 2 is 1.74 bits per heavy atom. The lowest BCUT2D eigenvalue weighted by atomic mass is 10.1. The number of nitrogens with one attached hydrogen (secondary N) is 2. The Hall–Kier alpha value is -1.67. The third kappa shape index (κ3) is 9.19. The Morgan fingerprint density at radius 1 is 1.00 bits per heavy atom. The molecule has 4 nitrogen and oxygen atoms in total. The molecule has 148 valence electrons. The fraction of sp³-hybridized carbons (Fsp3) is 0.381. The van der Waals surface area contributed by atoms with Gasteiger partial charge in [0.25, 0.3) is 0 Å². The number of hydrogen-bond acceptors (Lipinski definition) is 2. The van der Waals surface area contributed by atoms with Gasteiger partial charge in [0, 0.05) is 19.7 Å². The molecule has 0 aromatic heterocycles. The summed E-state index contributed by atoms with van der Waals surface area (Å²) in [6, 6.07) is 15.0.